The number of nitrogens with one attached hydrogen (secondary N) is 1. The summed E-state index contributed by atoms with van der Waals surface area (Å²) in [4.78, 5) is 30.6. The number of nitrogens with zero attached hydrogens (tertiary/aromatic N) is 2. The van der Waals surface area contributed by atoms with Crippen LogP contribution >= 0.6 is 0 Å². The molecule has 2 aromatic rings. The number of pyridine rings is 1. The first-order valence-electron chi connectivity index (χ1n) is 8.42. The molecule has 1 unspecified atom stereocenters. The fourth-order valence-corrected chi connectivity index (χ4v) is 2.93. The zero-order valence-corrected chi connectivity index (χ0v) is 14.7. The van der Waals surface area contributed by atoms with Gasteiger partial charge in [-0.15, -0.1) is 0 Å². The van der Waals surface area contributed by atoms with Crippen LogP contribution in [0.3, 0.4) is 0 Å². The highest BCUT2D eigenvalue weighted by Crippen LogP contribution is 2.27. The van der Waals surface area contributed by atoms with Crippen molar-refractivity contribution < 1.29 is 19.4 Å². The Bertz CT molecular complexity index is 823. The van der Waals surface area contributed by atoms with Crippen LogP contribution in [0.25, 0.3) is 0 Å². The van der Waals surface area contributed by atoms with Crippen LogP contribution in [0.2, 0.25) is 0 Å². The molecular weight excluding hydrogens is 334 g/mol. The van der Waals surface area contributed by atoms with Crippen molar-refractivity contribution in [1.82, 2.24) is 15.2 Å². The molecular formula is C19H21N3O4. The largest absolute Gasteiger partial charge is 0.481 e. The third-order valence-corrected chi connectivity index (χ3v) is 4.39. The standard InChI is InChI=1S/C19H21N3O4/c1-3-22-11-15-14(19(22)25)9-13(18(21-15)26-2)10-20-17(24)16(23)12-7-5-4-6-8-12/h4-9,16,23H,3,10-11H2,1-2H3,(H,20,24). The highest BCUT2D eigenvalue weighted by atomic mass is 16.5. The Labute approximate surface area is 151 Å². The van der Waals surface area contributed by atoms with Gasteiger partial charge in [-0.2, -0.15) is 0 Å². The summed E-state index contributed by atoms with van der Waals surface area (Å²) in [5, 5.41) is 12.8. The fourth-order valence-electron chi connectivity index (χ4n) is 2.93. The molecule has 7 heteroatoms. The van der Waals surface area contributed by atoms with Crippen molar-refractivity contribution in [2.24, 2.45) is 0 Å². The van der Waals surface area contributed by atoms with Gasteiger partial charge in [0.1, 0.15) is 0 Å². The minimum atomic E-state index is -1.26. The van der Waals surface area contributed by atoms with E-state index in [4.69, 9.17) is 4.74 Å². The SMILES string of the molecule is CCN1Cc2nc(OC)c(CNC(=O)C(O)c3ccccc3)cc2C1=O. The summed E-state index contributed by atoms with van der Waals surface area (Å²) in [6, 6.07) is 10.4. The second-order valence-corrected chi connectivity index (χ2v) is 6.00. The molecule has 2 N–H and O–H groups in total. The molecule has 0 aliphatic carbocycles. The minimum Gasteiger partial charge on any atom is -0.481 e. The van der Waals surface area contributed by atoms with E-state index in [1.165, 1.54) is 7.11 Å². The lowest BCUT2D eigenvalue weighted by atomic mass is 10.1. The van der Waals surface area contributed by atoms with Crippen LogP contribution in [-0.2, 0) is 17.9 Å². The quantitative estimate of drug-likeness (QED) is 0.818. The monoisotopic (exact) mass is 355 g/mol. The number of methoxy groups -OCH3 is 1. The predicted octanol–water partition coefficient (Wildman–Crippen LogP) is 1.42. The van der Waals surface area contributed by atoms with Crippen LogP contribution < -0.4 is 10.1 Å². The second kappa shape index (κ2) is 7.53. The molecule has 136 valence electrons. The maximum atomic E-state index is 12.3. The summed E-state index contributed by atoms with van der Waals surface area (Å²) < 4.78 is 5.30. The Hall–Kier alpha value is -2.93. The molecule has 0 spiro atoms. The summed E-state index contributed by atoms with van der Waals surface area (Å²) in [6.45, 7) is 3.08. The zero-order chi connectivity index (χ0) is 18.7. The number of rotatable bonds is 6. The van der Waals surface area contributed by atoms with Crippen molar-refractivity contribution in [1.29, 1.82) is 0 Å². The van der Waals surface area contributed by atoms with E-state index in [-0.39, 0.29) is 12.5 Å². The zero-order valence-electron chi connectivity index (χ0n) is 14.7. The molecule has 3 rings (SSSR count). The van der Waals surface area contributed by atoms with Crippen LogP contribution in [0.4, 0.5) is 0 Å². The number of benzene rings is 1. The van der Waals surface area contributed by atoms with Crippen LogP contribution in [0.15, 0.2) is 36.4 Å². The predicted molar refractivity (Wildman–Crippen MR) is 94.5 cm³/mol. The first kappa shape index (κ1) is 17.9. The average molecular weight is 355 g/mol. The molecule has 7 nitrogen and oxygen atoms in total. The van der Waals surface area contributed by atoms with E-state index in [1.54, 1.807) is 35.2 Å². The van der Waals surface area contributed by atoms with Gasteiger partial charge in [0.25, 0.3) is 11.8 Å². The van der Waals surface area contributed by atoms with Crippen LogP contribution in [0.5, 0.6) is 5.88 Å². The third kappa shape index (κ3) is 3.39. The van der Waals surface area contributed by atoms with Gasteiger partial charge in [0, 0.05) is 18.7 Å². The number of hydrogen-bond acceptors (Lipinski definition) is 5. The summed E-state index contributed by atoms with van der Waals surface area (Å²) in [6.07, 6.45) is -1.26. The Morgan fingerprint density at radius 2 is 2.12 bits per heavy atom. The molecule has 1 aliphatic rings. The normalized spacial score (nSPS) is 14.1. The number of hydrogen-bond donors (Lipinski definition) is 2. The number of aromatic nitrogens is 1. The first-order valence-corrected chi connectivity index (χ1v) is 8.42. The average Bonchev–Trinajstić information content (AvgIpc) is 3.00. The Kier molecular flexibility index (Phi) is 5.18. The van der Waals surface area contributed by atoms with Gasteiger partial charge in [-0.3, -0.25) is 9.59 Å². The lowest BCUT2D eigenvalue weighted by Crippen LogP contribution is -2.29. The van der Waals surface area contributed by atoms with Crippen LogP contribution in [0.1, 0.15) is 40.2 Å². The van der Waals surface area contributed by atoms with Crippen molar-refractivity contribution in [3.05, 3.63) is 58.8 Å². The van der Waals surface area contributed by atoms with Crippen molar-refractivity contribution in [3.63, 3.8) is 0 Å². The second-order valence-electron chi connectivity index (χ2n) is 6.00. The van der Waals surface area contributed by atoms with E-state index < -0.39 is 12.0 Å². The topological polar surface area (TPSA) is 91.8 Å². The number of aliphatic hydroxyl groups is 1. The molecule has 0 radical (unpaired) electrons. The highest BCUT2D eigenvalue weighted by Gasteiger charge is 2.29. The Morgan fingerprint density at radius 3 is 2.77 bits per heavy atom. The van der Waals surface area contributed by atoms with Crippen molar-refractivity contribution >= 4 is 11.8 Å². The van der Waals surface area contributed by atoms with E-state index in [9.17, 15) is 14.7 Å². The fraction of sp³-hybridized carbons (Fsp3) is 0.316. The molecule has 0 saturated carbocycles. The van der Waals surface area contributed by atoms with Gasteiger partial charge in [-0.05, 0) is 18.6 Å². The van der Waals surface area contributed by atoms with Gasteiger partial charge in [0.05, 0.1) is 24.9 Å². The van der Waals surface area contributed by atoms with E-state index in [2.05, 4.69) is 10.3 Å². The number of amides is 2. The van der Waals surface area contributed by atoms with Gasteiger partial charge in [-0.1, -0.05) is 30.3 Å². The molecule has 1 aliphatic heterocycles. The lowest BCUT2D eigenvalue weighted by molar-refractivity contribution is -0.129. The summed E-state index contributed by atoms with van der Waals surface area (Å²) in [5.41, 5.74) is 2.30. The molecule has 1 aromatic carbocycles. The minimum absolute atomic E-state index is 0.0745. The highest BCUT2D eigenvalue weighted by molar-refractivity contribution is 5.98. The molecule has 0 fully saturated rings. The van der Waals surface area contributed by atoms with Gasteiger partial charge >= 0.3 is 0 Å². The molecule has 26 heavy (non-hydrogen) atoms. The van der Waals surface area contributed by atoms with Gasteiger partial charge < -0.3 is 20.1 Å². The molecule has 1 atom stereocenters. The summed E-state index contributed by atoms with van der Waals surface area (Å²) >= 11 is 0. The molecule has 2 amide bonds. The number of carbonyl (C=O) groups excluding carboxylic acids is 2. The van der Waals surface area contributed by atoms with Crippen molar-refractivity contribution in [2.75, 3.05) is 13.7 Å². The third-order valence-electron chi connectivity index (χ3n) is 4.39. The molecule has 1 aromatic heterocycles. The molecule has 2 heterocycles. The van der Waals surface area contributed by atoms with Gasteiger partial charge in [0.15, 0.2) is 6.10 Å². The molecule has 0 saturated heterocycles. The molecule has 0 bridgehead atoms. The van der Waals surface area contributed by atoms with E-state index in [1.807, 2.05) is 13.0 Å². The number of ether oxygens (including phenoxy) is 1. The van der Waals surface area contributed by atoms with Crippen LogP contribution in [0, 0.1) is 0 Å². The van der Waals surface area contributed by atoms with E-state index in [0.717, 1.165) is 0 Å². The van der Waals surface area contributed by atoms with Crippen molar-refractivity contribution in [3.8, 4) is 5.88 Å². The Balaban J connectivity index is 1.75. The summed E-state index contributed by atoms with van der Waals surface area (Å²) in [5.74, 6) is -0.237. The number of fused-ring (bicyclic) bond motifs is 1. The number of aliphatic hydroxyl groups excluding tert-OH is 1. The smallest absolute Gasteiger partial charge is 0.256 e. The van der Waals surface area contributed by atoms with Crippen LogP contribution in [-0.4, -0.2) is 40.5 Å². The van der Waals surface area contributed by atoms with Gasteiger partial charge in [-0.25, -0.2) is 4.98 Å². The Morgan fingerprint density at radius 1 is 1.38 bits per heavy atom. The van der Waals surface area contributed by atoms with Crippen molar-refractivity contribution in [2.45, 2.75) is 26.1 Å². The maximum Gasteiger partial charge on any atom is 0.256 e. The van der Waals surface area contributed by atoms with E-state index in [0.29, 0.717) is 41.4 Å². The first-order chi connectivity index (χ1) is 12.5. The van der Waals surface area contributed by atoms with Gasteiger partial charge in [0.2, 0.25) is 5.88 Å². The lowest BCUT2D eigenvalue weighted by Gasteiger charge is -2.13. The van der Waals surface area contributed by atoms with E-state index >= 15 is 0 Å². The number of carbonyl (C=O) groups is 2. The maximum absolute atomic E-state index is 12.3. The summed E-state index contributed by atoms with van der Waals surface area (Å²) in [7, 11) is 1.49.